The molecule has 2 unspecified atom stereocenters. The molecule has 180 valence electrons. The predicted octanol–water partition coefficient (Wildman–Crippen LogP) is 3.74. The van der Waals surface area contributed by atoms with Gasteiger partial charge < -0.3 is 25.4 Å². The fourth-order valence-electron chi connectivity index (χ4n) is 4.92. The Kier molecular flexibility index (Phi) is 6.05. The van der Waals surface area contributed by atoms with Gasteiger partial charge in [-0.1, -0.05) is 72.8 Å². The number of ether oxygens (including phenoxy) is 1. The van der Waals surface area contributed by atoms with Crippen LogP contribution in [0.5, 0.6) is 0 Å². The molecule has 0 aromatic heterocycles. The van der Waals surface area contributed by atoms with Crippen LogP contribution < -0.4 is 5.32 Å². The number of amides is 1. The molecule has 0 spiro atoms. The van der Waals surface area contributed by atoms with Crippen molar-refractivity contribution in [3.63, 3.8) is 0 Å². The van der Waals surface area contributed by atoms with E-state index >= 15 is 0 Å². The topological polar surface area (TPSA) is 116 Å². The lowest BCUT2D eigenvalue weighted by atomic mass is 9.93. The number of carboxylic acid groups (broad SMARTS) is 1. The molecule has 0 radical (unpaired) electrons. The molecule has 2 atom stereocenters. The van der Waals surface area contributed by atoms with E-state index in [-0.39, 0.29) is 19.1 Å². The predicted molar refractivity (Wildman–Crippen MR) is 129 cm³/mol. The number of hydrogen-bond acceptors (Lipinski definition) is 5. The number of alkyl carbamates (subject to hydrolysis) is 1. The minimum absolute atomic E-state index is 0.0669. The molecule has 0 aliphatic heterocycles. The van der Waals surface area contributed by atoms with E-state index in [0.717, 1.165) is 22.3 Å². The van der Waals surface area contributed by atoms with Gasteiger partial charge in [-0.2, -0.15) is 0 Å². The van der Waals surface area contributed by atoms with Crippen molar-refractivity contribution in [1.82, 2.24) is 5.32 Å². The van der Waals surface area contributed by atoms with Crippen LogP contribution in [0.3, 0.4) is 0 Å². The number of carbonyl (C=O) groups is 2. The van der Waals surface area contributed by atoms with Gasteiger partial charge in [0.1, 0.15) is 18.8 Å². The van der Waals surface area contributed by atoms with Crippen molar-refractivity contribution in [3.8, 4) is 11.1 Å². The molecule has 2 aliphatic rings. The maximum absolute atomic E-state index is 12.3. The maximum Gasteiger partial charge on any atom is 0.407 e. The number of carboxylic acids is 1. The summed E-state index contributed by atoms with van der Waals surface area (Å²) in [5.41, 5.74) is 4.79. The zero-order valence-electron chi connectivity index (χ0n) is 19.1. The molecule has 5 rings (SSSR count). The highest BCUT2D eigenvalue weighted by Crippen LogP contribution is 2.48. The van der Waals surface area contributed by atoms with Gasteiger partial charge in [-0.15, -0.1) is 0 Å². The van der Waals surface area contributed by atoms with Crippen molar-refractivity contribution in [2.24, 2.45) is 0 Å². The highest BCUT2D eigenvalue weighted by Gasteiger charge is 2.51. The van der Waals surface area contributed by atoms with E-state index < -0.39 is 29.7 Å². The van der Waals surface area contributed by atoms with Crippen molar-refractivity contribution in [1.29, 1.82) is 0 Å². The summed E-state index contributed by atoms with van der Waals surface area (Å²) in [7, 11) is 0. The Balaban J connectivity index is 1.15. The molecule has 0 bridgehead atoms. The number of nitrogens with one attached hydrogen (secondary N) is 1. The van der Waals surface area contributed by atoms with E-state index in [0.29, 0.717) is 24.0 Å². The molecule has 1 saturated carbocycles. The second-order valence-electron chi connectivity index (χ2n) is 9.23. The average molecular weight is 474 g/mol. The highest BCUT2D eigenvalue weighted by atomic mass is 16.5. The third kappa shape index (κ3) is 4.29. The van der Waals surface area contributed by atoms with Crippen LogP contribution in [0.25, 0.3) is 11.1 Å². The first-order valence-electron chi connectivity index (χ1n) is 11.7. The summed E-state index contributed by atoms with van der Waals surface area (Å²) in [5, 5.41) is 32.8. The van der Waals surface area contributed by atoms with E-state index in [2.05, 4.69) is 17.4 Å². The first-order valence-corrected chi connectivity index (χ1v) is 11.7. The summed E-state index contributed by atoms with van der Waals surface area (Å²) < 4.78 is 5.46. The van der Waals surface area contributed by atoms with Gasteiger partial charge in [-0.25, -0.2) is 4.79 Å². The van der Waals surface area contributed by atoms with Gasteiger partial charge in [-0.3, -0.25) is 4.79 Å². The molecular weight excluding hydrogens is 446 g/mol. The number of aliphatic carboxylic acids is 1. The Morgan fingerprint density at radius 3 is 2.03 bits per heavy atom. The first-order chi connectivity index (χ1) is 16.9. The van der Waals surface area contributed by atoms with Crippen molar-refractivity contribution in [2.45, 2.75) is 36.4 Å². The van der Waals surface area contributed by atoms with E-state index in [4.69, 9.17) is 4.74 Å². The largest absolute Gasteiger partial charge is 0.481 e. The van der Waals surface area contributed by atoms with Crippen molar-refractivity contribution < 1.29 is 29.6 Å². The minimum atomic E-state index is -1.25. The van der Waals surface area contributed by atoms with E-state index in [1.807, 2.05) is 36.4 Å². The molecule has 3 aromatic rings. The standard InChI is InChI=1S/C28H27NO6/c30-24(25(31)17-9-11-18(12-10-17)28(13-14-28)26(32)33)15-29-27(34)35-16-23-21-7-3-1-5-19(21)20-6-2-4-8-22(20)23/h1-12,23-25,30-31H,13-16H2,(H,29,34)(H,32,33). The van der Waals surface area contributed by atoms with Gasteiger partial charge in [-0.05, 0) is 46.2 Å². The Morgan fingerprint density at radius 1 is 0.914 bits per heavy atom. The molecule has 1 fully saturated rings. The van der Waals surface area contributed by atoms with Crippen molar-refractivity contribution in [3.05, 3.63) is 95.1 Å². The number of rotatable bonds is 8. The van der Waals surface area contributed by atoms with Gasteiger partial charge in [0.05, 0.1) is 5.41 Å². The fraction of sp³-hybridized carbons (Fsp3) is 0.286. The Morgan fingerprint density at radius 2 is 1.49 bits per heavy atom. The number of fused-ring (bicyclic) bond motifs is 3. The molecule has 2 aliphatic carbocycles. The van der Waals surface area contributed by atoms with Crippen LogP contribution in [0.1, 0.15) is 47.1 Å². The van der Waals surface area contributed by atoms with E-state index in [1.54, 1.807) is 24.3 Å². The summed E-state index contributed by atoms with van der Waals surface area (Å²) >= 11 is 0. The lowest BCUT2D eigenvalue weighted by Crippen LogP contribution is -2.36. The molecule has 0 heterocycles. The lowest BCUT2D eigenvalue weighted by molar-refractivity contribution is -0.140. The number of carbonyl (C=O) groups excluding carboxylic acids is 1. The molecule has 3 aromatic carbocycles. The molecule has 4 N–H and O–H groups in total. The molecule has 0 saturated heterocycles. The summed E-state index contributed by atoms with van der Waals surface area (Å²) in [5.74, 6) is -0.916. The first kappa shape index (κ1) is 23.1. The highest BCUT2D eigenvalue weighted by molar-refractivity contribution is 5.85. The number of aliphatic hydroxyl groups excluding tert-OH is 2. The molecule has 35 heavy (non-hydrogen) atoms. The quantitative estimate of drug-likeness (QED) is 0.396. The normalized spacial score (nSPS) is 17.1. The van der Waals surface area contributed by atoms with E-state index in [9.17, 15) is 24.9 Å². The third-order valence-electron chi connectivity index (χ3n) is 7.13. The third-order valence-corrected chi connectivity index (χ3v) is 7.13. The summed E-state index contributed by atoms with van der Waals surface area (Å²) in [4.78, 5) is 23.8. The van der Waals surface area contributed by atoms with Crippen LogP contribution >= 0.6 is 0 Å². The minimum Gasteiger partial charge on any atom is -0.481 e. The second kappa shape index (κ2) is 9.17. The zero-order chi connectivity index (χ0) is 24.6. The second-order valence-corrected chi connectivity index (χ2v) is 9.23. The number of hydrogen-bond donors (Lipinski definition) is 4. The summed E-state index contributed by atoms with van der Waals surface area (Å²) in [6, 6.07) is 22.7. The van der Waals surface area contributed by atoms with Gasteiger partial charge >= 0.3 is 12.1 Å². The number of aliphatic hydroxyl groups is 2. The van der Waals surface area contributed by atoms with Gasteiger partial charge in [0.25, 0.3) is 0 Å². The summed E-state index contributed by atoms with van der Waals surface area (Å²) in [6.45, 7) is -0.0377. The van der Waals surface area contributed by atoms with Crippen LogP contribution in [0.2, 0.25) is 0 Å². The molecule has 1 amide bonds. The smallest absolute Gasteiger partial charge is 0.407 e. The molecule has 7 nitrogen and oxygen atoms in total. The van der Waals surface area contributed by atoms with E-state index in [1.165, 1.54) is 0 Å². The van der Waals surface area contributed by atoms with Crippen LogP contribution in [-0.4, -0.2) is 46.6 Å². The van der Waals surface area contributed by atoms with Crippen molar-refractivity contribution in [2.75, 3.05) is 13.2 Å². The lowest BCUT2D eigenvalue weighted by Gasteiger charge is -2.20. The Hall–Kier alpha value is -3.68. The van der Waals surface area contributed by atoms with Crippen LogP contribution in [0.4, 0.5) is 4.79 Å². The molecule has 7 heteroatoms. The SMILES string of the molecule is O=C(NCC(O)C(O)c1ccc(C2(C(=O)O)CC2)cc1)OCC1c2ccccc2-c2ccccc21. The Bertz CT molecular complexity index is 1200. The summed E-state index contributed by atoms with van der Waals surface area (Å²) in [6.07, 6.45) is -1.98. The maximum atomic E-state index is 12.3. The average Bonchev–Trinajstić information content (AvgIpc) is 3.64. The number of benzene rings is 3. The van der Waals surface area contributed by atoms with Crippen LogP contribution in [0, 0.1) is 0 Å². The van der Waals surface area contributed by atoms with Gasteiger partial charge in [0.2, 0.25) is 0 Å². The zero-order valence-corrected chi connectivity index (χ0v) is 19.1. The monoisotopic (exact) mass is 473 g/mol. The van der Waals surface area contributed by atoms with Gasteiger partial charge in [0.15, 0.2) is 0 Å². The molecular formula is C28H27NO6. The fourth-order valence-corrected chi connectivity index (χ4v) is 4.92. The Labute approximate surface area is 203 Å². The van der Waals surface area contributed by atoms with Crippen LogP contribution in [-0.2, 0) is 14.9 Å². The van der Waals surface area contributed by atoms with Crippen molar-refractivity contribution >= 4 is 12.1 Å². The van der Waals surface area contributed by atoms with Gasteiger partial charge in [0, 0.05) is 12.5 Å². The van der Waals surface area contributed by atoms with Crippen LogP contribution in [0.15, 0.2) is 72.8 Å².